The van der Waals surface area contributed by atoms with Crippen molar-refractivity contribution >= 4 is 35.2 Å². The minimum absolute atomic E-state index is 0.0724. The van der Waals surface area contributed by atoms with Crippen LogP contribution in [-0.2, 0) is 4.79 Å². The third-order valence-electron chi connectivity index (χ3n) is 2.79. The predicted molar refractivity (Wildman–Crippen MR) is 82.5 cm³/mol. The minimum atomic E-state index is -1.19. The molecule has 0 aliphatic rings. The summed E-state index contributed by atoms with van der Waals surface area (Å²) < 4.78 is 13.4. The van der Waals surface area contributed by atoms with Gasteiger partial charge in [0.1, 0.15) is 5.82 Å². The molecular weight excluding hydrogens is 309 g/mol. The van der Waals surface area contributed by atoms with Gasteiger partial charge in [-0.05, 0) is 30.3 Å². The second kappa shape index (κ2) is 6.87. The van der Waals surface area contributed by atoms with Crippen LogP contribution < -0.4 is 5.32 Å². The van der Waals surface area contributed by atoms with Crippen LogP contribution in [0.4, 0.5) is 10.1 Å². The molecule has 0 aliphatic carbocycles. The van der Waals surface area contributed by atoms with Crippen LogP contribution in [0.5, 0.6) is 0 Å². The number of rotatable bonds is 4. The molecular formula is C16H11ClFNO3. The second-order valence-electron chi connectivity index (χ2n) is 4.34. The summed E-state index contributed by atoms with van der Waals surface area (Å²) in [6.07, 6.45) is 2.42. The number of carbonyl (C=O) groups excluding carboxylic acids is 1. The number of carbonyl (C=O) groups is 2. The van der Waals surface area contributed by atoms with Crippen molar-refractivity contribution in [3.05, 3.63) is 70.5 Å². The fourth-order valence-corrected chi connectivity index (χ4v) is 1.93. The Bertz CT molecular complexity index is 759. The summed E-state index contributed by atoms with van der Waals surface area (Å²) in [5.41, 5.74) is 0.238. The Labute approximate surface area is 130 Å². The number of carboxylic acids is 1. The van der Waals surface area contributed by atoms with Gasteiger partial charge in [0.15, 0.2) is 0 Å². The summed E-state index contributed by atoms with van der Waals surface area (Å²) in [5.74, 6) is -2.24. The molecule has 0 radical (unpaired) electrons. The Kier molecular flexibility index (Phi) is 4.91. The zero-order chi connectivity index (χ0) is 16.1. The summed E-state index contributed by atoms with van der Waals surface area (Å²) in [6.45, 7) is 0. The van der Waals surface area contributed by atoms with E-state index in [4.69, 9.17) is 16.7 Å². The summed E-state index contributed by atoms with van der Waals surface area (Å²) in [6, 6.07) is 10.0. The number of hydrogen-bond donors (Lipinski definition) is 2. The molecule has 22 heavy (non-hydrogen) atoms. The first-order valence-corrected chi connectivity index (χ1v) is 6.61. The van der Waals surface area contributed by atoms with Crippen molar-refractivity contribution < 1.29 is 19.1 Å². The normalized spacial score (nSPS) is 10.6. The van der Waals surface area contributed by atoms with Crippen LogP contribution in [0.25, 0.3) is 6.08 Å². The van der Waals surface area contributed by atoms with Crippen molar-refractivity contribution in [1.82, 2.24) is 0 Å². The molecule has 0 heterocycles. The summed E-state index contributed by atoms with van der Waals surface area (Å²) in [5, 5.41) is 11.8. The quantitative estimate of drug-likeness (QED) is 0.842. The number of halogens is 2. The van der Waals surface area contributed by atoms with E-state index in [9.17, 15) is 14.0 Å². The molecule has 0 fully saturated rings. The fraction of sp³-hybridized carbons (Fsp3) is 0. The Morgan fingerprint density at radius 3 is 2.59 bits per heavy atom. The van der Waals surface area contributed by atoms with Gasteiger partial charge in [-0.3, -0.25) is 4.79 Å². The lowest BCUT2D eigenvalue weighted by atomic mass is 10.1. The van der Waals surface area contributed by atoms with E-state index in [2.05, 4.69) is 5.32 Å². The van der Waals surface area contributed by atoms with Gasteiger partial charge < -0.3 is 10.4 Å². The first kappa shape index (κ1) is 15.7. The molecule has 0 aromatic heterocycles. The maximum atomic E-state index is 13.4. The SMILES string of the molecule is O=C(/C=C/c1ccccc1F)Nc1cc(Cl)ccc1C(=O)O. The summed E-state index contributed by atoms with van der Waals surface area (Å²) in [4.78, 5) is 22.9. The zero-order valence-electron chi connectivity index (χ0n) is 11.2. The highest BCUT2D eigenvalue weighted by Gasteiger charge is 2.12. The number of aromatic carboxylic acids is 1. The summed E-state index contributed by atoms with van der Waals surface area (Å²) in [7, 11) is 0. The van der Waals surface area contributed by atoms with Crippen molar-refractivity contribution in [3.8, 4) is 0 Å². The highest BCUT2D eigenvalue weighted by atomic mass is 35.5. The maximum Gasteiger partial charge on any atom is 0.337 e. The molecule has 0 spiro atoms. The Morgan fingerprint density at radius 1 is 1.18 bits per heavy atom. The molecule has 0 atom stereocenters. The monoisotopic (exact) mass is 319 g/mol. The van der Waals surface area contributed by atoms with E-state index in [1.54, 1.807) is 6.07 Å². The van der Waals surface area contributed by atoms with Gasteiger partial charge >= 0.3 is 5.97 Å². The van der Waals surface area contributed by atoms with E-state index in [0.717, 1.165) is 6.08 Å². The third-order valence-corrected chi connectivity index (χ3v) is 3.02. The molecule has 112 valence electrons. The van der Waals surface area contributed by atoms with E-state index >= 15 is 0 Å². The Hall–Kier alpha value is -2.66. The lowest BCUT2D eigenvalue weighted by Gasteiger charge is -2.07. The van der Waals surface area contributed by atoms with Crippen LogP contribution in [0.3, 0.4) is 0 Å². The lowest BCUT2D eigenvalue weighted by Crippen LogP contribution is -2.12. The van der Waals surface area contributed by atoms with Crippen molar-refractivity contribution in [1.29, 1.82) is 0 Å². The van der Waals surface area contributed by atoms with E-state index in [1.807, 2.05) is 0 Å². The standard InChI is InChI=1S/C16H11ClFNO3/c17-11-6-7-12(16(21)22)14(9-11)19-15(20)8-5-10-3-1-2-4-13(10)18/h1-9H,(H,19,20)(H,21,22)/b8-5+. The molecule has 0 saturated carbocycles. The number of carboxylic acid groups (broad SMARTS) is 1. The average Bonchev–Trinajstić information content (AvgIpc) is 2.46. The first-order chi connectivity index (χ1) is 10.5. The summed E-state index contributed by atoms with van der Waals surface area (Å²) >= 11 is 5.79. The van der Waals surface area contributed by atoms with E-state index in [0.29, 0.717) is 5.02 Å². The molecule has 2 aromatic rings. The second-order valence-corrected chi connectivity index (χ2v) is 4.78. The van der Waals surface area contributed by atoms with Crippen molar-refractivity contribution in [2.45, 2.75) is 0 Å². The third kappa shape index (κ3) is 3.93. The highest BCUT2D eigenvalue weighted by molar-refractivity contribution is 6.31. The molecule has 2 N–H and O–H groups in total. The van der Waals surface area contributed by atoms with Crippen LogP contribution in [-0.4, -0.2) is 17.0 Å². The van der Waals surface area contributed by atoms with Gasteiger partial charge in [-0.1, -0.05) is 29.8 Å². The average molecular weight is 320 g/mol. The molecule has 4 nitrogen and oxygen atoms in total. The van der Waals surface area contributed by atoms with Gasteiger partial charge in [-0.15, -0.1) is 0 Å². The van der Waals surface area contributed by atoms with Crippen LogP contribution >= 0.6 is 11.6 Å². The number of anilines is 1. The topological polar surface area (TPSA) is 66.4 Å². The number of hydrogen-bond acceptors (Lipinski definition) is 2. The van der Waals surface area contributed by atoms with Gasteiger partial charge in [0.2, 0.25) is 5.91 Å². The molecule has 0 saturated heterocycles. The smallest absolute Gasteiger partial charge is 0.337 e. The van der Waals surface area contributed by atoms with Gasteiger partial charge in [0.25, 0.3) is 0 Å². The van der Waals surface area contributed by atoms with Gasteiger partial charge in [0.05, 0.1) is 11.3 Å². The van der Waals surface area contributed by atoms with Crippen LogP contribution in [0.2, 0.25) is 5.02 Å². The Balaban J connectivity index is 2.18. The predicted octanol–water partition coefficient (Wildman–Crippen LogP) is 3.83. The van der Waals surface area contributed by atoms with Gasteiger partial charge in [-0.25, -0.2) is 9.18 Å². The molecule has 0 aliphatic heterocycles. The molecule has 2 rings (SSSR count). The van der Waals surface area contributed by atoms with Gasteiger partial charge in [-0.2, -0.15) is 0 Å². The molecule has 2 aromatic carbocycles. The van der Waals surface area contributed by atoms with Crippen LogP contribution in [0.15, 0.2) is 48.5 Å². The Morgan fingerprint density at radius 2 is 1.91 bits per heavy atom. The molecule has 1 amide bonds. The number of amides is 1. The molecule has 0 bridgehead atoms. The van der Waals surface area contributed by atoms with Crippen molar-refractivity contribution in [3.63, 3.8) is 0 Å². The first-order valence-electron chi connectivity index (χ1n) is 6.24. The molecule has 0 unspecified atom stereocenters. The fourth-order valence-electron chi connectivity index (χ4n) is 1.76. The minimum Gasteiger partial charge on any atom is -0.478 e. The van der Waals surface area contributed by atoms with E-state index in [1.165, 1.54) is 42.5 Å². The van der Waals surface area contributed by atoms with E-state index < -0.39 is 17.7 Å². The van der Waals surface area contributed by atoms with Gasteiger partial charge in [0, 0.05) is 16.7 Å². The highest BCUT2D eigenvalue weighted by Crippen LogP contribution is 2.21. The zero-order valence-corrected chi connectivity index (χ0v) is 12.0. The molecule has 6 heteroatoms. The largest absolute Gasteiger partial charge is 0.478 e. The van der Waals surface area contributed by atoms with Crippen molar-refractivity contribution in [2.24, 2.45) is 0 Å². The van der Waals surface area contributed by atoms with Crippen LogP contribution in [0.1, 0.15) is 15.9 Å². The van der Waals surface area contributed by atoms with Crippen molar-refractivity contribution in [2.75, 3.05) is 5.32 Å². The van der Waals surface area contributed by atoms with Crippen LogP contribution in [0, 0.1) is 5.82 Å². The maximum absolute atomic E-state index is 13.4. The number of nitrogens with one attached hydrogen (secondary N) is 1. The lowest BCUT2D eigenvalue weighted by molar-refractivity contribution is -0.111. The number of benzene rings is 2. The van der Waals surface area contributed by atoms with E-state index in [-0.39, 0.29) is 16.8 Å².